The van der Waals surface area contributed by atoms with Crippen molar-refractivity contribution in [3.05, 3.63) is 6.92 Å². The van der Waals surface area contributed by atoms with Crippen molar-refractivity contribution in [2.75, 3.05) is 6.54 Å². The van der Waals surface area contributed by atoms with Crippen molar-refractivity contribution in [1.82, 2.24) is 4.90 Å². The van der Waals surface area contributed by atoms with E-state index < -0.39 is 5.60 Å². The topological polar surface area (TPSA) is 29.5 Å². The van der Waals surface area contributed by atoms with E-state index in [0.29, 0.717) is 0 Å². The van der Waals surface area contributed by atoms with Crippen LogP contribution in [-0.2, 0) is 4.74 Å². The molecule has 1 unspecified atom stereocenters. The van der Waals surface area contributed by atoms with Gasteiger partial charge in [0.1, 0.15) is 5.60 Å². The second-order valence-corrected chi connectivity index (χ2v) is 4.47. The third-order valence-electron chi connectivity index (χ3n) is 2.01. The van der Waals surface area contributed by atoms with E-state index in [1.54, 1.807) is 4.90 Å². The maximum Gasteiger partial charge on any atom is 0.410 e. The number of likely N-dealkylation sites (tertiary alicyclic amines) is 1. The Bertz CT molecular complexity index is 196. The van der Waals surface area contributed by atoms with Gasteiger partial charge in [0.2, 0.25) is 0 Å². The molecule has 0 saturated carbocycles. The van der Waals surface area contributed by atoms with E-state index >= 15 is 0 Å². The second kappa shape index (κ2) is 3.56. The predicted octanol–water partition coefficient (Wildman–Crippen LogP) is 2.22. The first-order chi connectivity index (χ1) is 5.90. The molecule has 1 rings (SSSR count). The van der Waals surface area contributed by atoms with Crippen molar-refractivity contribution < 1.29 is 9.53 Å². The van der Waals surface area contributed by atoms with Gasteiger partial charge >= 0.3 is 6.09 Å². The minimum absolute atomic E-state index is 0.0925. The average molecular weight is 184 g/mol. The lowest BCUT2D eigenvalue weighted by Gasteiger charge is -2.26. The van der Waals surface area contributed by atoms with Crippen molar-refractivity contribution in [1.29, 1.82) is 0 Å². The number of nitrogens with zero attached hydrogens (tertiary/aromatic N) is 1. The van der Waals surface area contributed by atoms with Crippen LogP contribution in [0.15, 0.2) is 0 Å². The van der Waals surface area contributed by atoms with Crippen LogP contribution >= 0.6 is 0 Å². The van der Waals surface area contributed by atoms with Crippen LogP contribution in [0.5, 0.6) is 0 Å². The molecule has 75 valence electrons. The molecule has 0 spiro atoms. The second-order valence-electron chi connectivity index (χ2n) is 4.47. The van der Waals surface area contributed by atoms with Gasteiger partial charge in [-0.2, -0.15) is 0 Å². The zero-order valence-electron chi connectivity index (χ0n) is 8.67. The van der Waals surface area contributed by atoms with E-state index in [2.05, 4.69) is 6.92 Å². The zero-order valence-corrected chi connectivity index (χ0v) is 8.67. The van der Waals surface area contributed by atoms with Gasteiger partial charge < -0.3 is 9.64 Å². The normalized spacial score (nSPS) is 23.4. The van der Waals surface area contributed by atoms with E-state index in [4.69, 9.17) is 4.74 Å². The highest BCUT2D eigenvalue weighted by Crippen LogP contribution is 2.19. The number of amides is 1. The first-order valence-corrected chi connectivity index (χ1v) is 4.73. The fourth-order valence-electron chi connectivity index (χ4n) is 1.40. The minimum atomic E-state index is -0.403. The third-order valence-corrected chi connectivity index (χ3v) is 2.01. The first-order valence-electron chi connectivity index (χ1n) is 4.73. The van der Waals surface area contributed by atoms with Gasteiger partial charge in [0, 0.05) is 12.6 Å². The van der Waals surface area contributed by atoms with E-state index in [1.165, 1.54) is 0 Å². The highest BCUT2D eigenvalue weighted by Gasteiger charge is 2.29. The molecule has 1 fully saturated rings. The summed E-state index contributed by atoms with van der Waals surface area (Å²) in [5.74, 6) is 0. The molecule has 3 heteroatoms. The van der Waals surface area contributed by atoms with Crippen LogP contribution in [0.1, 0.15) is 33.6 Å². The van der Waals surface area contributed by atoms with Crippen molar-refractivity contribution in [2.45, 2.75) is 45.3 Å². The Morgan fingerprint density at radius 1 is 1.54 bits per heavy atom. The number of rotatable bonds is 0. The van der Waals surface area contributed by atoms with Gasteiger partial charge in [0.15, 0.2) is 0 Å². The summed E-state index contributed by atoms with van der Waals surface area (Å²) in [7, 11) is 0. The maximum absolute atomic E-state index is 11.5. The van der Waals surface area contributed by atoms with Gasteiger partial charge in [0.25, 0.3) is 0 Å². The molecule has 1 amide bonds. The molecule has 1 heterocycles. The molecule has 0 aromatic heterocycles. The van der Waals surface area contributed by atoms with Crippen LogP contribution in [0.3, 0.4) is 0 Å². The van der Waals surface area contributed by atoms with Gasteiger partial charge in [-0.05, 0) is 40.5 Å². The summed E-state index contributed by atoms with van der Waals surface area (Å²) in [6.07, 6.45) is 1.79. The summed E-state index contributed by atoms with van der Waals surface area (Å²) in [6.45, 7) is 10.3. The highest BCUT2D eigenvalue weighted by atomic mass is 16.6. The van der Waals surface area contributed by atoms with Crippen molar-refractivity contribution >= 4 is 6.09 Å². The van der Waals surface area contributed by atoms with Crippen LogP contribution in [0, 0.1) is 6.92 Å². The average Bonchev–Trinajstić information content (AvgIpc) is 2.30. The van der Waals surface area contributed by atoms with E-state index in [1.807, 2.05) is 20.8 Å². The fraction of sp³-hybridized carbons (Fsp3) is 0.800. The van der Waals surface area contributed by atoms with Gasteiger partial charge in [-0.3, -0.25) is 0 Å². The summed E-state index contributed by atoms with van der Waals surface area (Å²) < 4.78 is 5.24. The molecule has 0 N–H and O–H groups in total. The molecular weight excluding hydrogens is 166 g/mol. The summed E-state index contributed by atoms with van der Waals surface area (Å²) in [5, 5.41) is 0. The Balaban J connectivity index is 2.48. The summed E-state index contributed by atoms with van der Waals surface area (Å²) in [6, 6.07) is 0.0925. The smallest absolute Gasteiger partial charge is 0.410 e. The number of carbonyl (C=O) groups excluding carboxylic acids is 1. The first kappa shape index (κ1) is 10.4. The largest absolute Gasteiger partial charge is 0.444 e. The van der Waals surface area contributed by atoms with Crippen LogP contribution in [0.2, 0.25) is 0 Å². The van der Waals surface area contributed by atoms with Crippen LogP contribution in [-0.4, -0.2) is 29.2 Å². The molecule has 0 aromatic rings. The Morgan fingerprint density at radius 2 is 2.15 bits per heavy atom. The van der Waals surface area contributed by atoms with Gasteiger partial charge in [-0.15, -0.1) is 0 Å². The fourth-order valence-corrected chi connectivity index (χ4v) is 1.40. The van der Waals surface area contributed by atoms with Crippen LogP contribution in [0.25, 0.3) is 0 Å². The number of ether oxygens (including phenoxy) is 1. The molecular formula is C10H18NO2. The van der Waals surface area contributed by atoms with Crippen molar-refractivity contribution in [3.63, 3.8) is 0 Å². The SMILES string of the molecule is [CH2]C1CCCN1C(=O)OC(C)(C)C. The molecule has 1 saturated heterocycles. The molecule has 1 atom stereocenters. The molecule has 3 nitrogen and oxygen atoms in total. The predicted molar refractivity (Wildman–Crippen MR) is 51.3 cm³/mol. The van der Waals surface area contributed by atoms with Crippen molar-refractivity contribution in [2.24, 2.45) is 0 Å². The lowest BCUT2D eigenvalue weighted by Crippen LogP contribution is -2.38. The lowest BCUT2D eigenvalue weighted by atomic mass is 10.2. The maximum atomic E-state index is 11.5. The lowest BCUT2D eigenvalue weighted by molar-refractivity contribution is 0.0254. The molecule has 0 aromatic carbocycles. The minimum Gasteiger partial charge on any atom is -0.444 e. The summed E-state index contributed by atoms with van der Waals surface area (Å²) >= 11 is 0. The number of hydrogen-bond donors (Lipinski definition) is 0. The van der Waals surface area contributed by atoms with E-state index in [-0.39, 0.29) is 12.1 Å². The summed E-state index contributed by atoms with van der Waals surface area (Å²) in [4.78, 5) is 13.2. The Hall–Kier alpha value is -0.730. The molecule has 0 aliphatic carbocycles. The van der Waals surface area contributed by atoms with Crippen LogP contribution < -0.4 is 0 Å². The van der Waals surface area contributed by atoms with Crippen molar-refractivity contribution in [3.8, 4) is 0 Å². The monoisotopic (exact) mass is 184 g/mol. The van der Waals surface area contributed by atoms with Gasteiger partial charge in [0.05, 0.1) is 0 Å². The third kappa shape index (κ3) is 2.90. The molecule has 1 radical (unpaired) electrons. The molecule has 1 aliphatic heterocycles. The standard InChI is InChI=1S/C10H18NO2/c1-8-6-5-7-11(8)9(12)13-10(2,3)4/h8H,1,5-7H2,2-4H3. The Labute approximate surface area is 80.1 Å². The Kier molecular flexibility index (Phi) is 2.84. The molecule has 0 bridgehead atoms. The van der Waals surface area contributed by atoms with Crippen LogP contribution in [0.4, 0.5) is 4.79 Å². The number of carbonyl (C=O) groups is 1. The summed E-state index contributed by atoms with van der Waals surface area (Å²) in [5.41, 5.74) is -0.403. The van der Waals surface area contributed by atoms with Gasteiger partial charge in [-0.1, -0.05) is 0 Å². The van der Waals surface area contributed by atoms with Gasteiger partial charge in [-0.25, -0.2) is 4.79 Å². The molecule has 1 aliphatic rings. The number of hydrogen-bond acceptors (Lipinski definition) is 2. The van der Waals surface area contributed by atoms with E-state index in [9.17, 15) is 4.79 Å². The quantitative estimate of drug-likeness (QED) is 0.577. The zero-order chi connectivity index (χ0) is 10.1. The molecule has 13 heavy (non-hydrogen) atoms. The highest BCUT2D eigenvalue weighted by molar-refractivity contribution is 5.69. The Morgan fingerprint density at radius 3 is 2.54 bits per heavy atom. The van der Waals surface area contributed by atoms with E-state index in [0.717, 1.165) is 19.4 Å².